The monoisotopic (exact) mass is 502 g/mol. The largest absolute Gasteiger partial charge is 0.287 e. The highest BCUT2D eigenvalue weighted by Gasteiger charge is 2.32. The van der Waals surface area contributed by atoms with E-state index in [1.54, 1.807) is 33.8 Å². The van der Waals surface area contributed by atoms with Gasteiger partial charge in [0.25, 0.3) is 5.91 Å². The number of amidine groups is 1. The number of carbonyl (C=O) groups excluding carboxylic acids is 1. The van der Waals surface area contributed by atoms with Crippen molar-refractivity contribution in [3.05, 3.63) is 80.6 Å². The second-order valence-electron chi connectivity index (χ2n) is 7.29. The van der Waals surface area contributed by atoms with Crippen LogP contribution in [0.1, 0.15) is 25.0 Å². The Morgan fingerprint density at radius 2 is 1.91 bits per heavy atom. The normalized spacial score (nSPS) is 16.4. The average molecular weight is 503 g/mol. The molecular weight excluding hydrogens is 482 g/mol. The zero-order valence-corrected chi connectivity index (χ0v) is 20.4. The Kier molecular flexibility index (Phi) is 7.22. The molecule has 1 aromatic heterocycles. The third-order valence-corrected chi connectivity index (χ3v) is 6.67. The van der Waals surface area contributed by atoms with Crippen LogP contribution in [0.5, 0.6) is 0 Å². The lowest BCUT2D eigenvalue weighted by atomic mass is 10.1. The lowest BCUT2D eigenvalue weighted by molar-refractivity contribution is -0.122. The van der Waals surface area contributed by atoms with Crippen LogP contribution in [-0.4, -0.2) is 38.8 Å². The maximum atomic E-state index is 13.5. The number of nitrogens with zero attached hydrogens (tertiary/aromatic N) is 4. The molecule has 4 rings (SSSR count). The molecule has 1 amide bonds. The van der Waals surface area contributed by atoms with E-state index in [1.807, 2.05) is 32.2 Å². The molecule has 33 heavy (non-hydrogen) atoms. The quantitative estimate of drug-likeness (QED) is 0.368. The minimum absolute atomic E-state index is 0.0896. The molecule has 9 heteroatoms. The summed E-state index contributed by atoms with van der Waals surface area (Å²) in [4.78, 5) is 19.6. The van der Waals surface area contributed by atoms with Crippen LogP contribution in [0, 0.1) is 5.82 Å². The molecule has 0 unspecified atom stereocenters. The van der Waals surface area contributed by atoms with E-state index in [-0.39, 0.29) is 11.7 Å². The first-order chi connectivity index (χ1) is 15.9. The van der Waals surface area contributed by atoms with Crippen molar-refractivity contribution in [2.24, 2.45) is 4.99 Å². The summed E-state index contributed by atoms with van der Waals surface area (Å²) in [6, 6.07) is 11.4. The second-order valence-corrected chi connectivity index (χ2v) is 9.14. The molecule has 1 saturated heterocycles. The number of benzene rings is 2. The summed E-state index contributed by atoms with van der Waals surface area (Å²) in [6.45, 7) is 5.41. The molecule has 0 N–H and O–H groups in total. The van der Waals surface area contributed by atoms with Gasteiger partial charge < -0.3 is 0 Å². The van der Waals surface area contributed by atoms with E-state index in [2.05, 4.69) is 4.99 Å². The maximum Gasteiger partial charge on any atom is 0.266 e. The zero-order valence-electron chi connectivity index (χ0n) is 18.1. The molecule has 2 aromatic carbocycles. The van der Waals surface area contributed by atoms with Gasteiger partial charge in [-0.15, -0.1) is 0 Å². The Hall–Kier alpha value is -2.61. The number of thioether (sulfide) groups is 1. The lowest BCUT2D eigenvalue weighted by Gasteiger charge is -2.11. The Balaban J connectivity index is 1.76. The molecule has 0 spiro atoms. The van der Waals surface area contributed by atoms with E-state index in [4.69, 9.17) is 28.3 Å². The van der Waals surface area contributed by atoms with E-state index in [1.165, 1.54) is 23.9 Å². The lowest BCUT2D eigenvalue weighted by Crippen LogP contribution is -2.28. The van der Waals surface area contributed by atoms with Crippen molar-refractivity contribution in [3.63, 3.8) is 0 Å². The fraction of sp³-hybridized carbons (Fsp3) is 0.208. The molecule has 170 valence electrons. The van der Waals surface area contributed by atoms with Crippen molar-refractivity contribution >= 4 is 52.1 Å². The van der Waals surface area contributed by atoms with Gasteiger partial charge in [0.15, 0.2) is 5.17 Å². The fourth-order valence-electron chi connectivity index (χ4n) is 3.46. The van der Waals surface area contributed by atoms with Crippen LogP contribution in [0.3, 0.4) is 0 Å². The van der Waals surface area contributed by atoms with Gasteiger partial charge in [-0.2, -0.15) is 5.10 Å². The van der Waals surface area contributed by atoms with Crippen LogP contribution < -0.4 is 0 Å². The SMILES string of the molecule is CCN=C1SC(=Cc2cn(Cc3ccc(Cl)cc3Cl)nc2-c2ccc(F)cc2)C(=O)N1CC. The molecule has 0 saturated carbocycles. The van der Waals surface area contributed by atoms with E-state index >= 15 is 0 Å². The van der Waals surface area contributed by atoms with Gasteiger partial charge in [0, 0.05) is 40.5 Å². The summed E-state index contributed by atoms with van der Waals surface area (Å²) in [5.74, 6) is -0.417. The van der Waals surface area contributed by atoms with E-state index in [0.717, 1.165) is 16.7 Å². The number of rotatable bonds is 6. The minimum atomic E-state index is -0.327. The highest BCUT2D eigenvalue weighted by Crippen LogP contribution is 2.34. The summed E-state index contributed by atoms with van der Waals surface area (Å²) in [7, 11) is 0. The van der Waals surface area contributed by atoms with Crippen molar-refractivity contribution in [1.82, 2.24) is 14.7 Å². The van der Waals surface area contributed by atoms with Crippen LogP contribution in [0.2, 0.25) is 10.0 Å². The van der Waals surface area contributed by atoms with Gasteiger partial charge in [0.2, 0.25) is 0 Å². The van der Waals surface area contributed by atoms with Crippen LogP contribution in [0.15, 0.2) is 58.6 Å². The highest BCUT2D eigenvalue weighted by atomic mass is 35.5. The van der Waals surface area contributed by atoms with E-state index in [0.29, 0.717) is 45.4 Å². The third kappa shape index (κ3) is 5.16. The third-order valence-electron chi connectivity index (χ3n) is 5.04. The zero-order chi connectivity index (χ0) is 23.5. The van der Waals surface area contributed by atoms with Crippen LogP contribution in [-0.2, 0) is 11.3 Å². The number of halogens is 3. The number of aliphatic imine (C=N–C) groups is 1. The van der Waals surface area contributed by atoms with Crippen molar-refractivity contribution in [2.45, 2.75) is 20.4 Å². The summed E-state index contributed by atoms with van der Waals surface area (Å²) in [5, 5.41) is 6.52. The van der Waals surface area contributed by atoms with Crippen LogP contribution in [0.25, 0.3) is 17.3 Å². The second kappa shape index (κ2) is 10.1. The van der Waals surface area contributed by atoms with Crippen molar-refractivity contribution in [1.29, 1.82) is 0 Å². The van der Waals surface area contributed by atoms with Gasteiger partial charge in [0.05, 0.1) is 17.1 Å². The molecule has 5 nitrogen and oxygen atoms in total. The highest BCUT2D eigenvalue weighted by molar-refractivity contribution is 8.18. The summed E-state index contributed by atoms with van der Waals surface area (Å²) in [6.07, 6.45) is 3.68. The number of carbonyl (C=O) groups is 1. The number of hydrogen-bond acceptors (Lipinski definition) is 4. The van der Waals surface area contributed by atoms with Crippen molar-refractivity contribution in [3.8, 4) is 11.3 Å². The van der Waals surface area contributed by atoms with Gasteiger partial charge >= 0.3 is 0 Å². The van der Waals surface area contributed by atoms with Crippen molar-refractivity contribution in [2.75, 3.05) is 13.1 Å². The average Bonchev–Trinajstić information content (AvgIpc) is 3.31. The van der Waals surface area contributed by atoms with Crippen LogP contribution >= 0.6 is 35.0 Å². The number of amides is 1. The first-order valence-electron chi connectivity index (χ1n) is 10.4. The van der Waals surface area contributed by atoms with E-state index < -0.39 is 0 Å². The standard InChI is InChI=1S/C24H21Cl2FN4OS/c1-3-28-24-31(4-2)23(32)21(33-24)11-17-14-30(13-16-5-8-18(25)12-20(16)26)29-22(17)15-6-9-19(27)10-7-15/h5-12,14H,3-4,13H2,1-2H3. The predicted molar refractivity (Wildman–Crippen MR) is 134 cm³/mol. The molecule has 1 aliphatic heterocycles. The van der Waals surface area contributed by atoms with Gasteiger partial charge in [0.1, 0.15) is 5.82 Å². The summed E-state index contributed by atoms with van der Waals surface area (Å²) in [5.41, 5.74) is 2.99. The molecule has 3 aromatic rings. The topological polar surface area (TPSA) is 50.5 Å². The fourth-order valence-corrected chi connectivity index (χ4v) is 5.03. The van der Waals surface area contributed by atoms with Gasteiger partial charge in [-0.1, -0.05) is 29.3 Å². The van der Waals surface area contributed by atoms with E-state index in [9.17, 15) is 9.18 Å². The Labute approximate surface area is 205 Å². The van der Waals surface area contributed by atoms with Crippen LogP contribution in [0.4, 0.5) is 4.39 Å². The molecular formula is C24H21Cl2FN4OS. The maximum absolute atomic E-state index is 13.5. The molecule has 0 aliphatic carbocycles. The predicted octanol–water partition coefficient (Wildman–Crippen LogP) is 6.36. The molecule has 0 radical (unpaired) electrons. The number of aromatic nitrogens is 2. The summed E-state index contributed by atoms with van der Waals surface area (Å²) >= 11 is 13.7. The first-order valence-corrected chi connectivity index (χ1v) is 12.0. The first kappa shape index (κ1) is 23.5. The molecule has 1 fully saturated rings. The van der Waals surface area contributed by atoms with Crippen molar-refractivity contribution < 1.29 is 9.18 Å². The number of hydrogen-bond donors (Lipinski definition) is 0. The number of likely N-dealkylation sites (N-methyl/N-ethyl adjacent to an activating group) is 1. The minimum Gasteiger partial charge on any atom is -0.287 e. The van der Waals surface area contributed by atoms with Gasteiger partial charge in [-0.3, -0.25) is 19.4 Å². The summed E-state index contributed by atoms with van der Waals surface area (Å²) < 4.78 is 15.3. The molecule has 2 heterocycles. The molecule has 1 aliphatic rings. The Morgan fingerprint density at radius 3 is 2.58 bits per heavy atom. The Bertz CT molecular complexity index is 1250. The molecule has 0 bridgehead atoms. The smallest absolute Gasteiger partial charge is 0.266 e. The van der Waals surface area contributed by atoms with Gasteiger partial charge in [-0.25, -0.2) is 4.39 Å². The molecule has 0 atom stereocenters. The van der Waals surface area contributed by atoms with Gasteiger partial charge in [-0.05, 0) is 73.6 Å². The Morgan fingerprint density at radius 1 is 1.15 bits per heavy atom.